The van der Waals surface area contributed by atoms with Crippen LogP contribution in [0.5, 0.6) is 0 Å². The Morgan fingerprint density at radius 3 is 2.38 bits per heavy atom. The van der Waals surface area contributed by atoms with Crippen LogP contribution < -0.4 is 15.8 Å². The van der Waals surface area contributed by atoms with Gasteiger partial charge in [-0.3, -0.25) is 4.79 Å². The summed E-state index contributed by atoms with van der Waals surface area (Å²) in [6, 6.07) is 6.13. The minimum Gasteiger partial charge on any atom is -0.325 e. The van der Waals surface area contributed by atoms with Crippen molar-refractivity contribution in [2.75, 3.05) is 5.32 Å². The minimum absolute atomic E-state index is 0.0666. The molecule has 1 fully saturated rings. The van der Waals surface area contributed by atoms with E-state index in [9.17, 15) is 13.2 Å². The Morgan fingerprint density at radius 1 is 1.33 bits per heavy atom. The van der Waals surface area contributed by atoms with Gasteiger partial charge in [0.25, 0.3) is 0 Å². The van der Waals surface area contributed by atoms with Crippen molar-refractivity contribution in [2.24, 2.45) is 5.73 Å². The van der Waals surface area contributed by atoms with Crippen LogP contribution in [0.3, 0.4) is 0 Å². The molecule has 2 rings (SSSR count). The number of rotatable bonds is 6. The molecular formula is C14H21N3O3S. The average molecular weight is 311 g/mol. The highest BCUT2D eigenvalue weighted by Gasteiger charge is 2.28. The zero-order valence-electron chi connectivity index (χ0n) is 12.2. The standard InChI is InChI=1S/C14H21N3O3S/c1-3-14(2,15)13(18)16-10-6-8-12(9-7-10)21(19,20)17-11-4-5-11/h6-9,11,17H,3-5,15H2,1-2H3,(H,16,18). The molecule has 1 saturated carbocycles. The molecule has 0 heterocycles. The summed E-state index contributed by atoms with van der Waals surface area (Å²) >= 11 is 0. The molecule has 0 spiro atoms. The predicted octanol–water partition coefficient (Wildman–Crippen LogP) is 1.19. The number of hydrogen-bond donors (Lipinski definition) is 3. The first-order chi connectivity index (χ1) is 9.74. The maximum absolute atomic E-state index is 12.0. The summed E-state index contributed by atoms with van der Waals surface area (Å²) in [6.07, 6.45) is 2.29. The summed E-state index contributed by atoms with van der Waals surface area (Å²) in [5.41, 5.74) is 5.43. The molecule has 4 N–H and O–H groups in total. The zero-order chi connectivity index (χ0) is 15.7. The van der Waals surface area contributed by atoms with E-state index in [2.05, 4.69) is 10.0 Å². The van der Waals surface area contributed by atoms with Gasteiger partial charge >= 0.3 is 0 Å². The first kappa shape index (κ1) is 15.9. The maximum atomic E-state index is 12.0. The molecular weight excluding hydrogens is 290 g/mol. The van der Waals surface area contributed by atoms with Crippen molar-refractivity contribution >= 4 is 21.6 Å². The molecule has 1 unspecified atom stereocenters. The first-order valence-corrected chi connectivity index (χ1v) is 8.45. The maximum Gasteiger partial charge on any atom is 0.244 e. The van der Waals surface area contributed by atoms with Crippen molar-refractivity contribution in [1.29, 1.82) is 0 Å². The number of nitrogens with two attached hydrogens (primary N) is 1. The van der Waals surface area contributed by atoms with E-state index >= 15 is 0 Å². The van der Waals surface area contributed by atoms with E-state index in [1.807, 2.05) is 6.92 Å². The molecule has 0 aromatic heterocycles. The Bertz CT molecular complexity index is 619. The predicted molar refractivity (Wildman–Crippen MR) is 81.3 cm³/mol. The van der Waals surface area contributed by atoms with E-state index in [1.165, 1.54) is 12.1 Å². The van der Waals surface area contributed by atoms with Crippen LogP contribution in [0.25, 0.3) is 0 Å². The van der Waals surface area contributed by atoms with Gasteiger partial charge in [0.2, 0.25) is 15.9 Å². The summed E-state index contributed by atoms with van der Waals surface area (Å²) in [7, 11) is -3.46. The monoisotopic (exact) mass is 311 g/mol. The molecule has 0 aliphatic heterocycles. The molecule has 1 amide bonds. The molecule has 0 bridgehead atoms. The van der Waals surface area contributed by atoms with Crippen molar-refractivity contribution in [3.05, 3.63) is 24.3 Å². The van der Waals surface area contributed by atoms with Crippen LogP contribution in [-0.2, 0) is 14.8 Å². The molecule has 6 nitrogen and oxygen atoms in total. The van der Waals surface area contributed by atoms with Gasteiger partial charge in [-0.25, -0.2) is 13.1 Å². The Hall–Kier alpha value is -1.44. The number of anilines is 1. The third kappa shape index (κ3) is 4.03. The number of carbonyl (C=O) groups is 1. The SMILES string of the molecule is CCC(C)(N)C(=O)Nc1ccc(S(=O)(=O)NC2CC2)cc1. The van der Waals surface area contributed by atoms with Crippen LogP contribution in [0, 0.1) is 0 Å². The normalized spacial score (nSPS) is 18.0. The fourth-order valence-electron chi connectivity index (χ4n) is 1.64. The minimum atomic E-state index is -3.46. The second kappa shape index (κ2) is 5.75. The summed E-state index contributed by atoms with van der Waals surface area (Å²) in [5.74, 6) is -0.295. The molecule has 7 heteroatoms. The number of sulfonamides is 1. The van der Waals surface area contributed by atoms with Gasteiger partial charge < -0.3 is 11.1 Å². The molecule has 1 atom stereocenters. The van der Waals surface area contributed by atoms with Crippen LogP contribution in [0.2, 0.25) is 0 Å². The van der Waals surface area contributed by atoms with Gasteiger partial charge in [0.15, 0.2) is 0 Å². The molecule has 116 valence electrons. The second-order valence-corrected chi connectivity index (χ2v) is 7.36. The largest absolute Gasteiger partial charge is 0.325 e. The molecule has 1 aliphatic carbocycles. The van der Waals surface area contributed by atoms with Crippen LogP contribution in [0.4, 0.5) is 5.69 Å². The van der Waals surface area contributed by atoms with E-state index in [4.69, 9.17) is 5.73 Å². The smallest absolute Gasteiger partial charge is 0.244 e. The van der Waals surface area contributed by atoms with E-state index in [-0.39, 0.29) is 16.8 Å². The zero-order valence-corrected chi connectivity index (χ0v) is 13.0. The van der Waals surface area contributed by atoms with Gasteiger partial charge in [-0.1, -0.05) is 6.92 Å². The lowest BCUT2D eigenvalue weighted by molar-refractivity contribution is -0.120. The van der Waals surface area contributed by atoms with Gasteiger partial charge in [0.05, 0.1) is 10.4 Å². The molecule has 1 aliphatic rings. The van der Waals surface area contributed by atoms with Crippen LogP contribution >= 0.6 is 0 Å². The van der Waals surface area contributed by atoms with Crippen LogP contribution in [0.1, 0.15) is 33.1 Å². The molecule has 1 aromatic carbocycles. The highest BCUT2D eigenvalue weighted by Crippen LogP contribution is 2.23. The van der Waals surface area contributed by atoms with Crippen molar-refractivity contribution in [2.45, 2.75) is 49.6 Å². The van der Waals surface area contributed by atoms with Gasteiger partial charge in [-0.2, -0.15) is 0 Å². The highest BCUT2D eigenvalue weighted by molar-refractivity contribution is 7.89. The summed E-state index contributed by atoms with van der Waals surface area (Å²) < 4.78 is 26.6. The molecule has 21 heavy (non-hydrogen) atoms. The lowest BCUT2D eigenvalue weighted by Crippen LogP contribution is -2.47. The highest BCUT2D eigenvalue weighted by atomic mass is 32.2. The van der Waals surface area contributed by atoms with E-state index in [0.717, 1.165) is 12.8 Å². The Morgan fingerprint density at radius 2 is 1.90 bits per heavy atom. The number of hydrogen-bond acceptors (Lipinski definition) is 4. The Labute approximate surface area is 125 Å². The average Bonchev–Trinajstić information content (AvgIpc) is 3.22. The summed E-state index contributed by atoms with van der Waals surface area (Å²) in [5, 5.41) is 2.69. The molecule has 1 aromatic rings. The fraction of sp³-hybridized carbons (Fsp3) is 0.500. The van der Waals surface area contributed by atoms with E-state index < -0.39 is 15.6 Å². The Kier molecular flexibility index (Phi) is 4.36. The number of benzene rings is 1. The fourth-order valence-corrected chi connectivity index (χ4v) is 2.95. The van der Waals surface area contributed by atoms with Gasteiger partial charge in [0, 0.05) is 11.7 Å². The third-order valence-electron chi connectivity index (χ3n) is 3.57. The van der Waals surface area contributed by atoms with Crippen molar-refractivity contribution in [3.8, 4) is 0 Å². The summed E-state index contributed by atoms with van der Waals surface area (Å²) in [4.78, 5) is 12.1. The molecule has 0 saturated heterocycles. The summed E-state index contributed by atoms with van der Waals surface area (Å²) in [6.45, 7) is 3.49. The topological polar surface area (TPSA) is 101 Å². The third-order valence-corrected chi connectivity index (χ3v) is 5.11. The number of amides is 1. The van der Waals surface area contributed by atoms with Gasteiger partial charge in [0.1, 0.15) is 0 Å². The van der Waals surface area contributed by atoms with Crippen molar-refractivity contribution in [3.63, 3.8) is 0 Å². The molecule has 0 radical (unpaired) electrons. The number of carbonyl (C=O) groups excluding carboxylic acids is 1. The van der Waals surface area contributed by atoms with E-state index in [0.29, 0.717) is 12.1 Å². The number of nitrogens with one attached hydrogen (secondary N) is 2. The van der Waals surface area contributed by atoms with Crippen LogP contribution in [-0.4, -0.2) is 25.9 Å². The van der Waals surface area contributed by atoms with E-state index in [1.54, 1.807) is 19.1 Å². The second-order valence-electron chi connectivity index (χ2n) is 5.65. The lowest BCUT2D eigenvalue weighted by Gasteiger charge is -2.21. The van der Waals surface area contributed by atoms with Crippen molar-refractivity contribution < 1.29 is 13.2 Å². The van der Waals surface area contributed by atoms with Crippen molar-refractivity contribution in [1.82, 2.24) is 4.72 Å². The lowest BCUT2D eigenvalue weighted by atomic mass is 9.99. The first-order valence-electron chi connectivity index (χ1n) is 6.97. The van der Waals surface area contributed by atoms with Crippen LogP contribution in [0.15, 0.2) is 29.2 Å². The Balaban J connectivity index is 2.07. The van der Waals surface area contributed by atoms with Gasteiger partial charge in [-0.05, 0) is 50.5 Å². The quantitative estimate of drug-likeness (QED) is 0.734. The van der Waals surface area contributed by atoms with Gasteiger partial charge in [-0.15, -0.1) is 0 Å².